The molecule has 0 saturated heterocycles. The maximum atomic E-state index is 3.71. The van der Waals surface area contributed by atoms with E-state index in [1.807, 2.05) is 6.08 Å². The summed E-state index contributed by atoms with van der Waals surface area (Å²) in [6.07, 6.45) is 1.88. The zero-order chi connectivity index (χ0) is 7.40. The van der Waals surface area contributed by atoms with Crippen molar-refractivity contribution >= 4 is 40.8 Å². The molecule has 0 aliphatic rings. The normalized spacial score (nSPS) is 8.50. The van der Waals surface area contributed by atoms with E-state index in [9.17, 15) is 0 Å². The summed E-state index contributed by atoms with van der Waals surface area (Å²) >= 11 is 3.35. The maximum Gasteiger partial charge on any atom is 0.506 e. The van der Waals surface area contributed by atoms with Crippen molar-refractivity contribution < 1.29 is 0 Å². The van der Waals surface area contributed by atoms with Gasteiger partial charge in [-0.1, -0.05) is 36.9 Å². The predicted molar refractivity (Wildman–Crippen MR) is 50.8 cm³/mol. The molecule has 1 rings (SSSR count). The molecule has 10 heavy (non-hydrogen) atoms. The van der Waals surface area contributed by atoms with Crippen molar-refractivity contribution in [1.29, 1.82) is 0 Å². The molecule has 0 heterocycles. The Kier molecular flexibility index (Phi) is 3.46. The van der Waals surface area contributed by atoms with Crippen LogP contribution in [0.4, 0.5) is 0 Å². The third kappa shape index (κ3) is 2.11. The average molecular weight is 207 g/mol. The fraction of sp³-hybridized carbons (Fsp3) is 0. The minimum absolute atomic E-state index is 0.175. The molecule has 0 aromatic heterocycles. The van der Waals surface area contributed by atoms with E-state index in [1.165, 1.54) is 9.26 Å². The van der Waals surface area contributed by atoms with Gasteiger partial charge in [0, 0.05) is 0 Å². The molecule has 2 heteroatoms. The zero-order valence-electron chi connectivity index (χ0n) is 5.68. The summed E-state index contributed by atoms with van der Waals surface area (Å²) in [5.74, 6) is 0. The molecule has 0 N–H and O–H groups in total. The second-order valence-electron chi connectivity index (χ2n) is 2.08. The Morgan fingerprint density at radius 1 is 1.50 bits per heavy atom. The predicted octanol–water partition coefficient (Wildman–Crippen LogP) is 1.97. The van der Waals surface area contributed by atoms with Gasteiger partial charge in [-0.25, -0.2) is 0 Å². The first-order valence-electron chi connectivity index (χ1n) is 3.14. The smallest absolute Gasteiger partial charge is 0.296 e. The number of halogens is 1. The van der Waals surface area contributed by atoms with Crippen LogP contribution in [0.15, 0.2) is 30.8 Å². The summed E-state index contributed by atoms with van der Waals surface area (Å²) in [6.45, 7) is 3.71. The Bertz CT molecular complexity index is 232. The van der Waals surface area contributed by atoms with Crippen LogP contribution in [0.25, 0.3) is 6.08 Å². The molecule has 0 amide bonds. The monoisotopic (exact) mass is 206 g/mol. The van der Waals surface area contributed by atoms with Gasteiger partial charge in [-0.3, -0.25) is 12.9 Å². The van der Waals surface area contributed by atoms with Crippen LogP contribution in [0.1, 0.15) is 5.56 Å². The average Bonchev–Trinajstić information content (AvgIpc) is 2.05. The highest BCUT2D eigenvalue weighted by atomic mass is 79.9. The van der Waals surface area contributed by atoms with Gasteiger partial charge in [0.05, 0.1) is 0 Å². The van der Waals surface area contributed by atoms with Gasteiger partial charge in [0.2, 0.25) is 0 Å². The van der Waals surface area contributed by atoms with Crippen molar-refractivity contribution in [3.05, 3.63) is 36.4 Å². The Labute approximate surface area is 76.9 Å². The highest BCUT2D eigenvalue weighted by Crippen LogP contribution is 1.97. The second-order valence-corrected chi connectivity index (χ2v) is 4.85. The first-order valence-corrected chi connectivity index (χ1v) is 7.75. The third-order valence-corrected chi connectivity index (χ3v) is 4.03. The lowest BCUT2D eigenvalue weighted by molar-refractivity contribution is 1.71. The van der Waals surface area contributed by atoms with Gasteiger partial charge in [0.1, 0.15) is 0 Å². The van der Waals surface area contributed by atoms with E-state index in [0.29, 0.717) is 0 Å². The number of rotatable bonds is 2. The van der Waals surface area contributed by atoms with E-state index >= 15 is 0 Å². The molecule has 0 saturated carbocycles. The molecular weight excluding hydrogens is 200 g/mol. The van der Waals surface area contributed by atoms with Crippen molar-refractivity contribution in [2.75, 3.05) is 0 Å². The Morgan fingerprint density at radius 3 is 2.90 bits per heavy atom. The minimum atomic E-state index is -0.175. The van der Waals surface area contributed by atoms with E-state index in [0.717, 1.165) is 0 Å². The van der Waals surface area contributed by atoms with Crippen LogP contribution in [-0.4, -0.2) is 18.2 Å². The van der Waals surface area contributed by atoms with Crippen LogP contribution in [0.2, 0.25) is 0 Å². The molecule has 48 valence electrons. The maximum absolute atomic E-state index is 3.71. The molecule has 1 aromatic rings. The summed E-state index contributed by atoms with van der Waals surface area (Å²) in [4.78, 5) is 0. The number of hydrogen-bond acceptors (Lipinski definition) is 0. The molecule has 1 aromatic carbocycles. The van der Waals surface area contributed by atoms with E-state index in [1.54, 1.807) is 0 Å². The van der Waals surface area contributed by atoms with Crippen molar-refractivity contribution in [2.24, 2.45) is 0 Å². The topological polar surface area (TPSA) is 0 Å². The molecule has 0 unspecified atom stereocenters. The van der Waals surface area contributed by atoms with Gasteiger partial charge in [-0.05, 0) is 5.56 Å². The first kappa shape index (κ1) is 8.30. The first-order chi connectivity index (χ1) is 4.86. The SMILES string of the molecule is C=Cc1ccc[c]([Mg][Br])c1. The standard InChI is InChI=1S/C8H7.BrH.Mg/c1-2-8-6-4-3-5-7-8;;/h2-4,6-7H,1H2;1H;/q;;+1/p-1. The molecule has 0 spiro atoms. The highest BCUT2D eigenvalue weighted by molar-refractivity contribution is 9.23. The Hall–Kier alpha value is 0.206. The van der Waals surface area contributed by atoms with Crippen molar-refractivity contribution in [3.8, 4) is 0 Å². The highest BCUT2D eigenvalue weighted by Gasteiger charge is 1.93. The van der Waals surface area contributed by atoms with Crippen LogP contribution in [0.3, 0.4) is 0 Å². The van der Waals surface area contributed by atoms with Gasteiger partial charge in [-0.15, -0.1) is 0 Å². The Morgan fingerprint density at radius 2 is 2.30 bits per heavy atom. The lowest BCUT2D eigenvalue weighted by Gasteiger charge is -1.95. The number of hydrogen-bond donors (Lipinski definition) is 0. The molecule has 0 aliphatic heterocycles. The molecule has 0 nitrogen and oxygen atoms in total. The van der Waals surface area contributed by atoms with Gasteiger partial charge < -0.3 is 0 Å². The van der Waals surface area contributed by atoms with Gasteiger partial charge in [0.25, 0.3) is 0 Å². The molecule has 0 bridgehead atoms. The summed E-state index contributed by atoms with van der Waals surface area (Å²) in [6, 6.07) is 8.45. The lowest BCUT2D eigenvalue weighted by Crippen LogP contribution is -2.06. The minimum Gasteiger partial charge on any atom is -0.296 e. The molecule has 0 aliphatic carbocycles. The summed E-state index contributed by atoms with van der Waals surface area (Å²) < 4.78 is 1.43. The van der Waals surface area contributed by atoms with E-state index in [2.05, 4.69) is 43.7 Å². The van der Waals surface area contributed by atoms with Crippen molar-refractivity contribution in [2.45, 2.75) is 0 Å². The summed E-state index contributed by atoms with van der Waals surface area (Å²) in [7, 11) is 0. The van der Waals surface area contributed by atoms with E-state index in [-0.39, 0.29) is 18.2 Å². The fourth-order valence-electron chi connectivity index (χ4n) is 0.803. The Balaban J connectivity index is 2.98. The van der Waals surface area contributed by atoms with Crippen molar-refractivity contribution in [1.82, 2.24) is 0 Å². The fourth-order valence-corrected chi connectivity index (χ4v) is 2.39. The van der Waals surface area contributed by atoms with Gasteiger partial charge >= 0.3 is 18.2 Å². The second kappa shape index (κ2) is 4.16. The molecular formula is C8H7BrMg. The number of benzene rings is 1. The van der Waals surface area contributed by atoms with Gasteiger partial charge in [-0.2, -0.15) is 3.69 Å². The lowest BCUT2D eigenvalue weighted by atomic mass is 10.2. The largest absolute Gasteiger partial charge is 0.506 e. The molecule has 0 fully saturated rings. The molecule has 0 atom stereocenters. The van der Waals surface area contributed by atoms with Gasteiger partial charge in [0.15, 0.2) is 0 Å². The van der Waals surface area contributed by atoms with Crippen LogP contribution in [0, 0.1) is 0 Å². The van der Waals surface area contributed by atoms with Crippen LogP contribution < -0.4 is 3.69 Å². The molecule has 0 radical (unpaired) electrons. The van der Waals surface area contributed by atoms with Crippen LogP contribution in [0.5, 0.6) is 0 Å². The summed E-state index contributed by atoms with van der Waals surface area (Å²) in [5, 5.41) is 0. The summed E-state index contributed by atoms with van der Waals surface area (Å²) in [5.41, 5.74) is 1.21. The van der Waals surface area contributed by atoms with Crippen LogP contribution >= 0.6 is 12.9 Å². The van der Waals surface area contributed by atoms with Crippen LogP contribution in [-0.2, 0) is 0 Å². The van der Waals surface area contributed by atoms with Crippen molar-refractivity contribution in [3.63, 3.8) is 0 Å². The van der Waals surface area contributed by atoms with E-state index in [4.69, 9.17) is 0 Å². The third-order valence-electron chi connectivity index (χ3n) is 1.34. The van der Waals surface area contributed by atoms with E-state index < -0.39 is 0 Å². The quantitative estimate of drug-likeness (QED) is 0.650. The zero-order valence-corrected chi connectivity index (χ0v) is 8.68.